The van der Waals surface area contributed by atoms with Gasteiger partial charge in [-0.1, -0.05) is 0 Å². The monoisotopic (exact) mass is 1240 g/mol. The third-order valence-corrected chi connectivity index (χ3v) is 41.1. The molecular weight excluding hydrogens is 1170 g/mol. The first-order valence-corrected chi connectivity index (χ1v) is 36.4. The Morgan fingerprint density at radius 3 is 1.05 bits per heavy atom. The Hall–Kier alpha value is -3.14. The molecule has 0 heterocycles. The maximum absolute atomic E-state index is 2.52. The molecule has 2 atom stereocenters. The van der Waals surface area contributed by atoms with E-state index in [1.807, 2.05) is 51.2 Å². The zero-order valence-electron chi connectivity index (χ0n) is 38.7. The van der Waals surface area contributed by atoms with Gasteiger partial charge in [-0.3, -0.25) is 0 Å². The predicted molar refractivity (Wildman–Crippen MR) is 280 cm³/mol. The van der Waals surface area contributed by atoms with Gasteiger partial charge in [-0.2, -0.15) is 0 Å². The second kappa shape index (κ2) is 22.5. The summed E-state index contributed by atoms with van der Waals surface area (Å²) in [7, 11) is 0. The fourth-order valence-electron chi connectivity index (χ4n) is 13.1. The average Bonchev–Trinajstić information content (AvgIpc) is 4.21. The molecule has 0 amide bonds. The van der Waals surface area contributed by atoms with E-state index in [4.69, 9.17) is 0 Å². The first-order chi connectivity index (χ1) is 31.8. The minimum absolute atomic E-state index is 0. The van der Waals surface area contributed by atoms with Crippen molar-refractivity contribution in [1.29, 1.82) is 0 Å². The molecule has 8 aliphatic carbocycles. The van der Waals surface area contributed by atoms with Crippen LogP contribution in [0.1, 0.15) is 138 Å². The van der Waals surface area contributed by atoms with E-state index >= 15 is 0 Å². The maximum atomic E-state index is 2.52. The molecule has 0 aliphatic heterocycles. The Bertz CT molecular complexity index is 2460. The molecule has 4 aromatic carbocycles. The fourth-order valence-corrected chi connectivity index (χ4v) is 40.5. The summed E-state index contributed by atoms with van der Waals surface area (Å²) in [5.74, 6) is 0. The third-order valence-electron chi connectivity index (χ3n) is 15.9. The van der Waals surface area contributed by atoms with Crippen LogP contribution in [0.4, 0.5) is 0 Å². The van der Waals surface area contributed by atoms with E-state index in [0.717, 1.165) is 7.35 Å². The zero-order valence-corrected chi connectivity index (χ0v) is 47.5. The van der Waals surface area contributed by atoms with E-state index in [-0.39, 0.29) is 24.8 Å². The minimum Gasteiger partial charge on any atom is -0.147 e. The average molecular weight is 1240 g/mol. The number of allylic oxidation sites excluding steroid dienone is 16. The van der Waals surface area contributed by atoms with Crippen molar-refractivity contribution in [1.82, 2.24) is 0 Å². The van der Waals surface area contributed by atoms with E-state index in [9.17, 15) is 0 Å². The molecule has 0 spiro atoms. The van der Waals surface area contributed by atoms with Crippen LogP contribution in [0.2, 0.25) is 7.35 Å². The summed E-state index contributed by atoms with van der Waals surface area (Å²) in [5.41, 5.74) is 20.7. The summed E-state index contributed by atoms with van der Waals surface area (Å²) in [6.07, 6.45) is 39.0. The summed E-state index contributed by atoms with van der Waals surface area (Å²) in [6, 6.07) is 45.7. The molecule has 0 fully saturated rings. The molecule has 0 bridgehead atoms. The number of halogens is 2. The van der Waals surface area contributed by atoms with Gasteiger partial charge in [0.05, 0.1) is 0 Å². The molecule has 0 saturated heterocycles. The van der Waals surface area contributed by atoms with Gasteiger partial charge < -0.3 is 0 Å². The van der Waals surface area contributed by atoms with Crippen molar-refractivity contribution in [3.63, 3.8) is 0 Å². The molecule has 0 radical (unpaired) electrons. The number of hydrogen-bond acceptors (Lipinski definition) is 0. The SMILES string of the molecule is C1=CC[C]([Hf](=[C](c2ccccc2)c2ccccc2)[CH]2CCCC3=C2CC2=C3CCCC2)=C1.C1=CC[C]([Hf](=[C](c2ccccc2)c2ccccc2)[CH]2CCCC3=C2CC2=C3CCCC2)=C1.Cl.Cl. The predicted octanol–water partition coefficient (Wildman–Crippen LogP) is 17.4. The Morgan fingerprint density at radius 1 is 0.379 bits per heavy atom. The van der Waals surface area contributed by atoms with E-state index in [2.05, 4.69) is 158 Å². The van der Waals surface area contributed by atoms with Crippen molar-refractivity contribution in [2.24, 2.45) is 0 Å². The molecule has 2 unspecified atom stereocenters. The van der Waals surface area contributed by atoms with Gasteiger partial charge >= 0.3 is 403 Å². The van der Waals surface area contributed by atoms with E-state index in [0.29, 0.717) is 0 Å². The van der Waals surface area contributed by atoms with Crippen molar-refractivity contribution in [3.8, 4) is 0 Å². The maximum Gasteiger partial charge on any atom is -0.147 e. The Kier molecular flexibility index (Phi) is 16.3. The summed E-state index contributed by atoms with van der Waals surface area (Å²) in [5, 5.41) is 0. The summed E-state index contributed by atoms with van der Waals surface area (Å²) < 4.78 is 8.82. The molecule has 66 heavy (non-hydrogen) atoms. The molecule has 4 aromatic rings. The number of hydrogen-bond donors (Lipinski definition) is 0. The summed E-state index contributed by atoms with van der Waals surface area (Å²) in [4.78, 5) is 0. The van der Waals surface area contributed by atoms with Crippen molar-refractivity contribution < 1.29 is 41.9 Å². The molecule has 8 aliphatic rings. The molecule has 0 saturated carbocycles. The number of fused-ring (bicyclic) bond motifs is 2. The smallest absolute Gasteiger partial charge is 0.147 e. The molecule has 12 rings (SSSR count). The van der Waals surface area contributed by atoms with Gasteiger partial charge in [-0.05, 0) is 0 Å². The van der Waals surface area contributed by atoms with Crippen LogP contribution in [-0.2, 0) is 41.9 Å². The van der Waals surface area contributed by atoms with Crippen LogP contribution in [-0.4, -0.2) is 6.51 Å². The van der Waals surface area contributed by atoms with Crippen molar-refractivity contribution >= 4 is 31.3 Å². The molecule has 0 nitrogen and oxygen atoms in total. The van der Waals surface area contributed by atoms with Gasteiger partial charge in [0, 0.05) is 0 Å². The molecule has 336 valence electrons. The Labute approximate surface area is 423 Å². The minimum atomic E-state index is -2.45. The van der Waals surface area contributed by atoms with Crippen LogP contribution in [0.15, 0.2) is 209 Å². The van der Waals surface area contributed by atoms with Crippen LogP contribution in [0.3, 0.4) is 0 Å². The first kappa shape index (κ1) is 47.9. The first-order valence-electron chi connectivity index (χ1n) is 25.1. The molecule has 0 aromatic heterocycles. The molecular formula is C62H66Cl2Hf2. The quantitative estimate of drug-likeness (QED) is 0.154. The van der Waals surface area contributed by atoms with E-state index in [1.165, 1.54) is 138 Å². The van der Waals surface area contributed by atoms with Crippen LogP contribution in [0, 0.1) is 0 Å². The van der Waals surface area contributed by atoms with E-state index in [1.54, 1.807) is 6.51 Å². The summed E-state index contributed by atoms with van der Waals surface area (Å²) >= 11 is -4.89. The topological polar surface area (TPSA) is 0 Å². The summed E-state index contributed by atoms with van der Waals surface area (Å²) in [6.45, 7) is 0. The van der Waals surface area contributed by atoms with Crippen molar-refractivity contribution in [2.45, 2.75) is 123 Å². The second-order valence-electron chi connectivity index (χ2n) is 19.5. The number of rotatable bonds is 8. The van der Waals surface area contributed by atoms with Crippen LogP contribution in [0.5, 0.6) is 0 Å². The van der Waals surface area contributed by atoms with Crippen molar-refractivity contribution in [3.05, 3.63) is 231 Å². The zero-order chi connectivity index (χ0) is 42.7. The largest absolute Gasteiger partial charge is 0.147 e. The van der Waals surface area contributed by atoms with Gasteiger partial charge in [0.2, 0.25) is 0 Å². The second-order valence-corrected chi connectivity index (χ2v) is 38.7. The van der Waals surface area contributed by atoms with Crippen LogP contribution in [0.25, 0.3) is 0 Å². The fraction of sp³-hybridized carbons (Fsp3) is 0.323. The van der Waals surface area contributed by atoms with Crippen LogP contribution < -0.4 is 0 Å². The van der Waals surface area contributed by atoms with Gasteiger partial charge in [0.15, 0.2) is 0 Å². The molecule has 0 N–H and O–H groups in total. The van der Waals surface area contributed by atoms with Crippen molar-refractivity contribution in [2.75, 3.05) is 0 Å². The Balaban J connectivity index is 0.000000161. The normalized spacial score (nSPS) is 21.3. The molecule has 4 heteroatoms. The van der Waals surface area contributed by atoms with Gasteiger partial charge in [0.25, 0.3) is 0 Å². The third kappa shape index (κ3) is 9.84. The standard InChI is InChI=1S/2C13H17.2C13H10.2C5H5.2ClH.2Hf/c2*1-3-7-12-10(5-1)9-11-6-2-4-8-13(11)12;2*1-3-7-12(8-4-1)11-13-9-5-2-6-10-13;2*1-2-4-5-3-1;;;;/h2*5H,1-4,6-9H2;2*1-10H;2*1-3H,4H2;2*1H;;. The number of benzene rings is 4. The van der Waals surface area contributed by atoms with Gasteiger partial charge in [-0.25, -0.2) is 0 Å². The Morgan fingerprint density at radius 2 is 0.712 bits per heavy atom. The van der Waals surface area contributed by atoms with Gasteiger partial charge in [-0.15, -0.1) is 24.8 Å². The van der Waals surface area contributed by atoms with E-state index < -0.39 is 41.9 Å². The van der Waals surface area contributed by atoms with Crippen LogP contribution >= 0.6 is 24.8 Å². The van der Waals surface area contributed by atoms with Gasteiger partial charge in [0.1, 0.15) is 0 Å².